The van der Waals surface area contributed by atoms with Crippen molar-refractivity contribution in [3.05, 3.63) is 39.3 Å². The molecule has 114 valence electrons. The van der Waals surface area contributed by atoms with Gasteiger partial charge in [-0.05, 0) is 26.0 Å². The van der Waals surface area contributed by atoms with E-state index in [1.54, 1.807) is 24.5 Å². The maximum atomic E-state index is 6.10. The molecule has 0 radical (unpaired) electrons. The fourth-order valence-electron chi connectivity index (χ4n) is 1.95. The minimum atomic E-state index is 0.0365. The average Bonchev–Trinajstić information content (AvgIpc) is 2.94. The van der Waals surface area contributed by atoms with Crippen LogP contribution in [0, 0.1) is 0 Å². The molecule has 0 fully saturated rings. The summed E-state index contributed by atoms with van der Waals surface area (Å²) in [6.45, 7) is 5.30. The Labute approximate surface area is 134 Å². The molecule has 1 heterocycles. The molecule has 1 atom stereocenters. The molecule has 0 aliphatic carbocycles. The first-order chi connectivity index (χ1) is 10.2. The number of benzene rings is 1. The molecule has 0 aliphatic rings. The lowest BCUT2D eigenvalue weighted by Gasteiger charge is -2.11. The first kappa shape index (κ1) is 16.1. The van der Waals surface area contributed by atoms with E-state index in [0.29, 0.717) is 23.9 Å². The van der Waals surface area contributed by atoms with Crippen LogP contribution < -0.4 is 10.1 Å². The van der Waals surface area contributed by atoms with Gasteiger partial charge < -0.3 is 14.8 Å². The number of rotatable bonds is 7. The van der Waals surface area contributed by atoms with Gasteiger partial charge in [-0.1, -0.05) is 17.7 Å². The molecule has 6 heteroatoms. The van der Waals surface area contributed by atoms with Crippen molar-refractivity contribution in [3.63, 3.8) is 0 Å². The van der Waals surface area contributed by atoms with Crippen LogP contribution in [0.25, 0.3) is 0 Å². The van der Waals surface area contributed by atoms with E-state index in [1.165, 1.54) is 0 Å². The third-order valence-corrected chi connectivity index (χ3v) is 4.32. The van der Waals surface area contributed by atoms with E-state index < -0.39 is 0 Å². The second-order valence-corrected chi connectivity index (χ2v) is 5.75. The first-order valence-electron chi connectivity index (χ1n) is 6.78. The third kappa shape index (κ3) is 4.09. The smallest absolute Gasteiger partial charge is 0.160 e. The SMILES string of the molecule is CCO[C@@H](C)c1nc(CNc2cccc(Cl)c2OC)cs1. The van der Waals surface area contributed by atoms with Crippen LogP contribution in [0.4, 0.5) is 5.69 Å². The van der Waals surface area contributed by atoms with Crippen molar-refractivity contribution in [1.29, 1.82) is 0 Å². The van der Waals surface area contributed by atoms with E-state index in [-0.39, 0.29) is 6.10 Å². The molecule has 0 saturated carbocycles. The van der Waals surface area contributed by atoms with E-state index >= 15 is 0 Å². The van der Waals surface area contributed by atoms with Gasteiger partial charge in [-0.15, -0.1) is 11.3 Å². The molecule has 0 spiro atoms. The predicted octanol–water partition coefficient (Wildman–Crippen LogP) is 4.51. The number of hydrogen-bond acceptors (Lipinski definition) is 5. The summed E-state index contributed by atoms with van der Waals surface area (Å²) in [6.07, 6.45) is 0.0365. The minimum Gasteiger partial charge on any atom is -0.493 e. The van der Waals surface area contributed by atoms with Crippen molar-refractivity contribution in [3.8, 4) is 5.75 Å². The molecule has 0 aliphatic heterocycles. The van der Waals surface area contributed by atoms with Crippen LogP contribution in [0.5, 0.6) is 5.75 Å². The first-order valence-corrected chi connectivity index (χ1v) is 8.03. The summed E-state index contributed by atoms with van der Waals surface area (Å²) in [6, 6.07) is 5.62. The van der Waals surface area contributed by atoms with Crippen molar-refractivity contribution in [2.45, 2.75) is 26.5 Å². The summed E-state index contributed by atoms with van der Waals surface area (Å²) in [5.74, 6) is 0.650. The number of hydrogen-bond donors (Lipinski definition) is 1. The van der Waals surface area contributed by atoms with E-state index in [9.17, 15) is 0 Å². The Morgan fingerprint density at radius 1 is 1.43 bits per heavy atom. The van der Waals surface area contributed by atoms with Crippen LogP contribution in [0.3, 0.4) is 0 Å². The van der Waals surface area contributed by atoms with Gasteiger partial charge >= 0.3 is 0 Å². The molecule has 2 rings (SSSR count). The fourth-order valence-corrected chi connectivity index (χ4v) is 3.03. The van der Waals surface area contributed by atoms with E-state index in [2.05, 4.69) is 10.3 Å². The van der Waals surface area contributed by atoms with Crippen LogP contribution in [-0.4, -0.2) is 18.7 Å². The predicted molar refractivity (Wildman–Crippen MR) is 87.5 cm³/mol. The molecular weight excluding hydrogens is 308 g/mol. The van der Waals surface area contributed by atoms with Gasteiger partial charge in [0.15, 0.2) is 5.75 Å². The summed E-state index contributed by atoms with van der Waals surface area (Å²) in [7, 11) is 1.61. The number of nitrogens with zero attached hydrogens (tertiary/aromatic N) is 1. The Morgan fingerprint density at radius 3 is 2.95 bits per heavy atom. The molecule has 0 amide bonds. The number of methoxy groups -OCH3 is 1. The summed E-state index contributed by atoms with van der Waals surface area (Å²) >= 11 is 7.71. The highest BCUT2D eigenvalue weighted by Gasteiger charge is 2.11. The van der Waals surface area contributed by atoms with Gasteiger partial charge in [-0.2, -0.15) is 0 Å². The quantitative estimate of drug-likeness (QED) is 0.812. The Hall–Kier alpha value is -1.30. The van der Waals surface area contributed by atoms with Gasteiger partial charge in [0.25, 0.3) is 0 Å². The van der Waals surface area contributed by atoms with Crippen molar-refractivity contribution in [2.75, 3.05) is 19.0 Å². The van der Waals surface area contributed by atoms with Crippen LogP contribution in [0.1, 0.15) is 30.7 Å². The Bertz CT molecular complexity index is 589. The molecule has 0 saturated heterocycles. The topological polar surface area (TPSA) is 43.4 Å². The van der Waals surface area contributed by atoms with Gasteiger partial charge in [0.1, 0.15) is 11.1 Å². The second-order valence-electron chi connectivity index (χ2n) is 4.45. The summed E-state index contributed by atoms with van der Waals surface area (Å²) in [5.41, 5.74) is 1.83. The van der Waals surface area contributed by atoms with Crippen LogP contribution >= 0.6 is 22.9 Å². The van der Waals surface area contributed by atoms with Crippen LogP contribution in [0.15, 0.2) is 23.6 Å². The lowest BCUT2D eigenvalue weighted by atomic mass is 10.3. The van der Waals surface area contributed by atoms with Gasteiger partial charge in [0.05, 0.1) is 30.1 Å². The van der Waals surface area contributed by atoms with Crippen LogP contribution in [-0.2, 0) is 11.3 Å². The molecule has 1 N–H and O–H groups in total. The summed E-state index contributed by atoms with van der Waals surface area (Å²) < 4.78 is 10.9. The average molecular weight is 327 g/mol. The lowest BCUT2D eigenvalue weighted by Crippen LogP contribution is -2.03. The zero-order valence-corrected chi connectivity index (χ0v) is 13.9. The number of thiazole rings is 1. The molecule has 21 heavy (non-hydrogen) atoms. The van der Waals surface area contributed by atoms with Crippen molar-refractivity contribution in [2.24, 2.45) is 0 Å². The second kappa shape index (κ2) is 7.64. The van der Waals surface area contributed by atoms with Gasteiger partial charge in [0, 0.05) is 12.0 Å². The lowest BCUT2D eigenvalue weighted by molar-refractivity contribution is 0.0761. The van der Waals surface area contributed by atoms with Crippen molar-refractivity contribution in [1.82, 2.24) is 4.98 Å². The van der Waals surface area contributed by atoms with E-state index in [1.807, 2.05) is 31.4 Å². The zero-order chi connectivity index (χ0) is 15.2. The molecule has 1 aromatic heterocycles. The summed E-state index contributed by atoms with van der Waals surface area (Å²) in [5, 5.41) is 6.92. The minimum absolute atomic E-state index is 0.0365. The largest absolute Gasteiger partial charge is 0.493 e. The highest BCUT2D eigenvalue weighted by molar-refractivity contribution is 7.09. The van der Waals surface area contributed by atoms with Gasteiger partial charge in [0.2, 0.25) is 0 Å². The molecule has 1 aromatic carbocycles. The van der Waals surface area contributed by atoms with Gasteiger partial charge in [-0.25, -0.2) is 4.98 Å². The monoisotopic (exact) mass is 326 g/mol. The number of nitrogens with one attached hydrogen (secondary N) is 1. The number of anilines is 1. The summed E-state index contributed by atoms with van der Waals surface area (Å²) in [4.78, 5) is 4.58. The number of aromatic nitrogens is 1. The van der Waals surface area contributed by atoms with E-state index in [0.717, 1.165) is 16.4 Å². The van der Waals surface area contributed by atoms with Crippen molar-refractivity contribution < 1.29 is 9.47 Å². The number of halogens is 1. The number of ether oxygens (including phenoxy) is 2. The van der Waals surface area contributed by atoms with E-state index in [4.69, 9.17) is 21.1 Å². The highest BCUT2D eigenvalue weighted by atomic mass is 35.5. The number of para-hydroxylation sites is 1. The zero-order valence-electron chi connectivity index (χ0n) is 12.4. The van der Waals surface area contributed by atoms with Crippen LogP contribution in [0.2, 0.25) is 5.02 Å². The Balaban J connectivity index is 2.02. The van der Waals surface area contributed by atoms with Gasteiger partial charge in [-0.3, -0.25) is 0 Å². The molecule has 2 aromatic rings. The van der Waals surface area contributed by atoms with Crippen molar-refractivity contribution >= 4 is 28.6 Å². The Morgan fingerprint density at radius 2 is 2.24 bits per heavy atom. The normalized spacial score (nSPS) is 12.2. The standard InChI is InChI=1S/C15H19ClN2O2S/c1-4-20-10(2)15-18-11(9-21-15)8-17-13-7-5-6-12(16)14(13)19-3/h5-7,9-10,17H,4,8H2,1-3H3/t10-/m0/s1. The highest BCUT2D eigenvalue weighted by Crippen LogP contribution is 2.32. The molecule has 4 nitrogen and oxygen atoms in total. The fraction of sp³-hybridized carbons (Fsp3) is 0.400. The third-order valence-electron chi connectivity index (χ3n) is 2.97. The maximum absolute atomic E-state index is 6.10. The molecule has 0 unspecified atom stereocenters. The Kier molecular flexibility index (Phi) is 5.85. The maximum Gasteiger partial charge on any atom is 0.160 e. The molecular formula is C15H19ClN2O2S. The molecule has 0 bridgehead atoms.